The average molecular weight is 335 g/mol. The lowest BCUT2D eigenvalue weighted by Crippen LogP contribution is -2.01. The van der Waals surface area contributed by atoms with Gasteiger partial charge >= 0.3 is 0 Å². The molecule has 108 valence electrons. The Bertz CT molecular complexity index is 766. The molecule has 0 atom stereocenters. The van der Waals surface area contributed by atoms with Gasteiger partial charge in [0.15, 0.2) is 14.5 Å². The monoisotopic (exact) mass is 335 g/mol. The van der Waals surface area contributed by atoms with Gasteiger partial charge in [0, 0.05) is 22.7 Å². The summed E-state index contributed by atoms with van der Waals surface area (Å²) >= 11 is 4.67. The number of carbonyl (C=O) groups is 1. The maximum atomic E-state index is 12.3. The molecule has 0 unspecified atom stereocenters. The fourth-order valence-corrected chi connectivity index (χ4v) is 4.74. The molecule has 3 rings (SSSR count). The minimum Gasteiger partial charge on any atom is -0.360 e. The van der Waals surface area contributed by atoms with Crippen molar-refractivity contribution in [2.24, 2.45) is 0 Å². The van der Waals surface area contributed by atoms with E-state index in [0.717, 1.165) is 30.9 Å². The van der Waals surface area contributed by atoms with Crippen LogP contribution in [0.3, 0.4) is 0 Å². The summed E-state index contributed by atoms with van der Waals surface area (Å²) in [5.41, 5.74) is 1.73. The maximum absolute atomic E-state index is 12.3. The quantitative estimate of drug-likeness (QED) is 0.543. The van der Waals surface area contributed by atoms with Crippen LogP contribution in [0.25, 0.3) is 10.9 Å². The number of hydrogen-bond donors (Lipinski definition) is 1. The highest BCUT2D eigenvalue weighted by Gasteiger charge is 2.13. The molecule has 0 aliphatic carbocycles. The van der Waals surface area contributed by atoms with Gasteiger partial charge in [-0.05, 0) is 11.8 Å². The van der Waals surface area contributed by atoms with Gasteiger partial charge in [-0.3, -0.25) is 4.79 Å². The predicted octanol–water partition coefficient (Wildman–Crippen LogP) is 4.11. The number of aromatic nitrogens is 3. The van der Waals surface area contributed by atoms with Gasteiger partial charge in [0.25, 0.3) is 0 Å². The van der Waals surface area contributed by atoms with Gasteiger partial charge in [0.1, 0.15) is 0 Å². The van der Waals surface area contributed by atoms with Crippen LogP contribution in [0.1, 0.15) is 17.3 Å². The number of carbonyl (C=O) groups excluding carboxylic acids is 1. The first kappa shape index (κ1) is 14.6. The van der Waals surface area contributed by atoms with Gasteiger partial charge in [-0.1, -0.05) is 60.0 Å². The summed E-state index contributed by atoms with van der Waals surface area (Å²) in [4.78, 5) is 15.5. The molecule has 0 amide bonds. The van der Waals surface area contributed by atoms with Crippen molar-refractivity contribution in [1.29, 1.82) is 0 Å². The Kier molecular flexibility index (Phi) is 4.62. The summed E-state index contributed by atoms with van der Waals surface area (Å²) in [6.45, 7) is 2.08. The van der Waals surface area contributed by atoms with E-state index in [1.54, 1.807) is 29.3 Å². The first-order valence-corrected chi connectivity index (χ1v) is 9.25. The van der Waals surface area contributed by atoms with E-state index in [1.165, 1.54) is 11.8 Å². The molecule has 0 fully saturated rings. The summed E-state index contributed by atoms with van der Waals surface area (Å²) in [5, 5.41) is 9.17. The molecule has 0 radical (unpaired) electrons. The van der Waals surface area contributed by atoms with Crippen LogP contribution in [0.15, 0.2) is 39.1 Å². The summed E-state index contributed by atoms with van der Waals surface area (Å²) in [7, 11) is 0. The number of para-hydroxylation sites is 1. The number of Topliss-reactive ketones (excluding diaryl/α,β-unsaturated/α-hetero) is 1. The van der Waals surface area contributed by atoms with Crippen LogP contribution in [-0.2, 0) is 0 Å². The van der Waals surface area contributed by atoms with Crippen molar-refractivity contribution >= 4 is 51.5 Å². The Hall–Kier alpha value is -1.31. The summed E-state index contributed by atoms with van der Waals surface area (Å²) < 4.78 is 1.80. The van der Waals surface area contributed by atoms with Crippen LogP contribution >= 0.6 is 34.9 Å². The number of hydrogen-bond acceptors (Lipinski definition) is 6. The Labute approximate surface area is 134 Å². The lowest BCUT2D eigenvalue weighted by Gasteiger charge is -1.97. The van der Waals surface area contributed by atoms with Gasteiger partial charge < -0.3 is 4.98 Å². The number of nitrogens with one attached hydrogen (secondary N) is 1. The van der Waals surface area contributed by atoms with E-state index in [1.807, 2.05) is 24.3 Å². The summed E-state index contributed by atoms with van der Waals surface area (Å²) in [6.07, 6.45) is 1.78. The SMILES string of the molecule is CCSc1nnc(SCC(=O)c2c[nH]c3ccccc23)s1. The molecule has 2 heterocycles. The molecule has 0 saturated carbocycles. The average Bonchev–Trinajstić information content (AvgIpc) is 3.12. The molecular weight excluding hydrogens is 322 g/mol. The Morgan fingerprint density at radius 1 is 1.24 bits per heavy atom. The standard InChI is InChI=1S/C14H13N3OS3/c1-2-19-13-16-17-14(21-13)20-8-12(18)10-7-15-11-6-4-3-5-9(10)11/h3-7,15H,2,8H2,1H3. The number of aromatic amines is 1. The molecule has 0 aliphatic rings. The van der Waals surface area contributed by atoms with Crippen molar-refractivity contribution in [3.63, 3.8) is 0 Å². The molecule has 2 aromatic heterocycles. The smallest absolute Gasteiger partial charge is 0.175 e. The van der Waals surface area contributed by atoms with E-state index in [2.05, 4.69) is 22.1 Å². The molecule has 0 saturated heterocycles. The number of H-pyrrole nitrogens is 1. The molecule has 1 N–H and O–H groups in total. The third-order valence-corrected chi connectivity index (χ3v) is 5.94. The Morgan fingerprint density at radius 2 is 2.00 bits per heavy atom. The second-order valence-electron chi connectivity index (χ2n) is 4.23. The van der Waals surface area contributed by atoms with Crippen molar-refractivity contribution in [3.8, 4) is 0 Å². The predicted molar refractivity (Wildman–Crippen MR) is 89.7 cm³/mol. The van der Waals surface area contributed by atoms with Gasteiger partial charge in [0.05, 0.1) is 5.75 Å². The fraction of sp³-hybridized carbons (Fsp3) is 0.214. The zero-order valence-corrected chi connectivity index (χ0v) is 13.8. The minimum atomic E-state index is 0.109. The van der Waals surface area contributed by atoms with Crippen LogP contribution in [0.2, 0.25) is 0 Å². The highest BCUT2D eigenvalue weighted by molar-refractivity contribution is 8.03. The first-order chi connectivity index (χ1) is 10.3. The molecule has 0 aliphatic heterocycles. The molecule has 3 aromatic rings. The van der Waals surface area contributed by atoms with Crippen molar-refractivity contribution in [2.45, 2.75) is 15.6 Å². The number of fused-ring (bicyclic) bond motifs is 1. The topological polar surface area (TPSA) is 58.6 Å². The van der Waals surface area contributed by atoms with Gasteiger partial charge in [-0.15, -0.1) is 10.2 Å². The lowest BCUT2D eigenvalue weighted by molar-refractivity contribution is 0.102. The van der Waals surface area contributed by atoms with E-state index in [-0.39, 0.29) is 5.78 Å². The molecular formula is C14H13N3OS3. The van der Waals surface area contributed by atoms with Crippen molar-refractivity contribution in [3.05, 3.63) is 36.0 Å². The van der Waals surface area contributed by atoms with Crippen LogP contribution in [0, 0.1) is 0 Å². The normalized spacial score (nSPS) is 11.1. The van der Waals surface area contributed by atoms with E-state index in [4.69, 9.17) is 0 Å². The van der Waals surface area contributed by atoms with Crippen LogP contribution < -0.4 is 0 Å². The summed E-state index contributed by atoms with van der Waals surface area (Å²) in [5.74, 6) is 1.47. The molecule has 4 nitrogen and oxygen atoms in total. The van der Waals surface area contributed by atoms with Gasteiger partial charge in [-0.2, -0.15) is 0 Å². The molecule has 7 heteroatoms. The fourth-order valence-electron chi connectivity index (χ4n) is 1.94. The first-order valence-electron chi connectivity index (χ1n) is 6.46. The Morgan fingerprint density at radius 3 is 2.81 bits per heavy atom. The number of thioether (sulfide) groups is 2. The molecule has 0 bridgehead atoms. The van der Waals surface area contributed by atoms with E-state index in [0.29, 0.717) is 5.75 Å². The second-order valence-corrected chi connectivity index (χ2v) is 7.94. The number of ketones is 1. The van der Waals surface area contributed by atoms with E-state index >= 15 is 0 Å². The van der Waals surface area contributed by atoms with E-state index < -0.39 is 0 Å². The maximum Gasteiger partial charge on any atom is 0.175 e. The van der Waals surface area contributed by atoms with Gasteiger partial charge in [0.2, 0.25) is 0 Å². The van der Waals surface area contributed by atoms with Crippen molar-refractivity contribution in [1.82, 2.24) is 15.2 Å². The third-order valence-electron chi connectivity index (χ3n) is 2.87. The lowest BCUT2D eigenvalue weighted by atomic mass is 10.1. The second kappa shape index (κ2) is 6.64. The number of rotatable bonds is 6. The highest BCUT2D eigenvalue weighted by atomic mass is 32.2. The third kappa shape index (κ3) is 3.30. The van der Waals surface area contributed by atoms with Gasteiger partial charge in [-0.25, -0.2) is 0 Å². The Balaban J connectivity index is 1.68. The zero-order valence-electron chi connectivity index (χ0n) is 11.3. The summed E-state index contributed by atoms with van der Waals surface area (Å²) in [6, 6.07) is 7.83. The molecule has 1 aromatic carbocycles. The van der Waals surface area contributed by atoms with Crippen LogP contribution in [-0.4, -0.2) is 32.5 Å². The highest BCUT2D eigenvalue weighted by Crippen LogP contribution is 2.29. The van der Waals surface area contributed by atoms with Crippen LogP contribution in [0.4, 0.5) is 0 Å². The van der Waals surface area contributed by atoms with Crippen molar-refractivity contribution in [2.75, 3.05) is 11.5 Å². The molecule has 21 heavy (non-hydrogen) atoms. The van der Waals surface area contributed by atoms with E-state index in [9.17, 15) is 4.79 Å². The number of nitrogens with zero attached hydrogens (tertiary/aromatic N) is 2. The minimum absolute atomic E-state index is 0.109. The largest absolute Gasteiger partial charge is 0.360 e. The zero-order chi connectivity index (χ0) is 14.7. The number of benzene rings is 1. The molecule has 0 spiro atoms. The van der Waals surface area contributed by atoms with Crippen molar-refractivity contribution < 1.29 is 4.79 Å². The van der Waals surface area contributed by atoms with Crippen LogP contribution in [0.5, 0.6) is 0 Å².